The normalized spacial score (nSPS) is 10.9. The molecule has 0 aliphatic carbocycles. The van der Waals surface area contributed by atoms with Crippen molar-refractivity contribution in [3.8, 4) is 5.75 Å². The summed E-state index contributed by atoms with van der Waals surface area (Å²) in [5, 5.41) is 9.38. The third-order valence-corrected chi connectivity index (χ3v) is 5.46. The second-order valence-electron chi connectivity index (χ2n) is 8.03. The fourth-order valence-corrected chi connectivity index (χ4v) is 3.63. The number of carboxylic acid groups (broad SMARTS) is 1. The molecule has 0 spiro atoms. The van der Waals surface area contributed by atoms with Crippen molar-refractivity contribution >= 4 is 11.9 Å². The standard InChI is InChI=1S/C25H36N2O4/c1-2-3-4-5-6-7-8-9-10-11-12-13-18-31-21-14-15-22(25(29)30)23(19-21)24(28)27-17-16-26-20-27/h14-17,19-20H,2-13,18H2,1H3,(H,29,30). The fourth-order valence-electron chi connectivity index (χ4n) is 3.63. The Bertz CT molecular complexity index is 787. The molecule has 170 valence electrons. The molecule has 2 aromatic rings. The van der Waals surface area contributed by atoms with Crippen molar-refractivity contribution in [2.75, 3.05) is 6.61 Å². The van der Waals surface area contributed by atoms with Crippen molar-refractivity contribution in [3.05, 3.63) is 48.0 Å². The average molecular weight is 429 g/mol. The second-order valence-corrected chi connectivity index (χ2v) is 8.03. The van der Waals surface area contributed by atoms with E-state index in [0.29, 0.717) is 12.4 Å². The van der Waals surface area contributed by atoms with Crippen molar-refractivity contribution in [2.24, 2.45) is 0 Å². The zero-order valence-corrected chi connectivity index (χ0v) is 18.7. The zero-order chi connectivity index (χ0) is 22.3. The van der Waals surface area contributed by atoms with Crippen LogP contribution in [0.3, 0.4) is 0 Å². The molecule has 1 aromatic heterocycles. The first kappa shape index (κ1) is 24.6. The van der Waals surface area contributed by atoms with Gasteiger partial charge in [0.2, 0.25) is 0 Å². The lowest BCUT2D eigenvalue weighted by Crippen LogP contribution is -2.15. The van der Waals surface area contributed by atoms with E-state index in [1.807, 2.05) is 0 Å². The number of carboxylic acids is 1. The molecule has 0 bridgehead atoms. The summed E-state index contributed by atoms with van der Waals surface area (Å²) in [6, 6.07) is 4.53. The summed E-state index contributed by atoms with van der Waals surface area (Å²) in [5.74, 6) is -1.07. The van der Waals surface area contributed by atoms with Gasteiger partial charge in [-0.3, -0.25) is 9.36 Å². The van der Waals surface area contributed by atoms with Gasteiger partial charge in [0, 0.05) is 12.4 Å². The van der Waals surface area contributed by atoms with Gasteiger partial charge in [-0.1, -0.05) is 77.6 Å². The number of nitrogens with zero attached hydrogens (tertiary/aromatic N) is 2. The van der Waals surface area contributed by atoms with Crippen LogP contribution >= 0.6 is 0 Å². The number of benzene rings is 1. The highest BCUT2D eigenvalue weighted by Crippen LogP contribution is 2.20. The predicted octanol–water partition coefficient (Wildman–Crippen LogP) is 6.35. The highest BCUT2D eigenvalue weighted by atomic mass is 16.5. The molecule has 6 nitrogen and oxygen atoms in total. The minimum Gasteiger partial charge on any atom is -0.494 e. The first-order chi connectivity index (χ1) is 15.1. The van der Waals surface area contributed by atoms with E-state index in [0.717, 1.165) is 12.8 Å². The van der Waals surface area contributed by atoms with Gasteiger partial charge in [-0.05, 0) is 24.6 Å². The molecule has 31 heavy (non-hydrogen) atoms. The molecule has 0 saturated heterocycles. The number of carbonyl (C=O) groups excluding carboxylic acids is 1. The van der Waals surface area contributed by atoms with Gasteiger partial charge in [-0.25, -0.2) is 9.78 Å². The van der Waals surface area contributed by atoms with Gasteiger partial charge in [0.1, 0.15) is 12.1 Å². The van der Waals surface area contributed by atoms with Crippen molar-refractivity contribution in [1.82, 2.24) is 9.55 Å². The Morgan fingerprint density at radius 2 is 1.52 bits per heavy atom. The molecule has 2 rings (SSSR count). The van der Waals surface area contributed by atoms with E-state index in [1.165, 1.54) is 99.6 Å². The minimum absolute atomic E-state index is 0.0450. The highest BCUT2D eigenvalue weighted by molar-refractivity contribution is 6.05. The van der Waals surface area contributed by atoms with E-state index in [1.54, 1.807) is 6.07 Å². The molecule has 0 amide bonds. The number of rotatable bonds is 16. The van der Waals surface area contributed by atoms with Crippen LogP contribution in [0.1, 0.15) is 105 Å². The lowest BCUT2D eigenvalue weighted by Gasteiger charge is -2.10. The first-order valence-electron chi connectivity index (χ1n) is 11.7. The predicted molar refractivity (Wildman–Crippen MR) is 122 cm³/mol. The molecule has 0 saturated carbocycles. The van der Waals surface area contributed by atoms with Crippen LogP contribution in [0.25, 0.3) is 0 Å². The summed E-state index contributed by atoms with van der Waals surface area (Å²) in [6.45, 7) is 2.81. The smallest absolute Gasteiger partial charge is 0.336 e. The van der Waals surface area contributed by atoms with E-state index in [9.17, 15) is 14.7 Å². The molecule has 0 fully saturated rings. The molecule has 0 aliphatic heterocycles. The van der Waals surface area contributed by atoms with Gasteiger partial charge < -0.3 is 9.84 Å². The molecule has 0 atom stereocenters. The van der Waals surface area contributed by atoms with Crippen molar-refractivity contribution in [1.29, 1.82) is 0 Å². The lowest BCUT2D eigenvalue weighted by atomic mass is 10.1. The Hall–Kier alpha value is -2.63. The molecule has 0 aliphatic rings. The number of unbranched alkanes of at least 4 members (excludes halogenated alkanes) is 11. The van der Waals surface area contributed by atoms with Gasteiger partial charge in [0.25, 0.3) is 5.91 Å². The number of hydrogen-bond donors (Lipinski definition) is 1. The number of imidazole rings is 1. The van der Waals surface area contributed by atoms with Gasteiger partial charge in [-0.2, -0.15) is 0 Å². The Morgan fingerprint density at radius 3 is 2.06 bits per heavy atom. The maximum absolute atomic E-state index is 12.6. The molecule has 0 radical (unpaired) electrons. The molecular formula is C25H36N2O4. The monoisotopic (exact) mass is 428 g/mol. The number of aromatic nitrogens is 2. The summed E-state index contributed by atoms with van der Waals surface area (Å²) in [6.07, 6.45) is 19.7. The number of carbonyl (C=O) groups is 2. The van der Waals surface area contributed by atoms with Gasteiger partial charge in [0.15, 0.2) is 0 Å². The van der Waals surface area contributed by atoms with Crippen molar-refractivity contribution in [2.45, 2.75) is 84.0 Å². The Morgan fingerprint density at radius 1 is 0.903 bits per heavy atom. The van der Waals surface area contributed by atoms with E-state index in [-0.39, 0.29) is 11.1 Å². The van der Waals surface area contributed by atoms with E-state index in [4.69, 9.17) is 4.74 Å². The summed E-state index contributed by atoms with van der Waals surface area (Å²) in [4.78, 5) is 27.9. The number of ether oxygens (including phenoxy) is 1. The van der Waals surface area contributed by atoms with Crippen LogP contribution in [-0.2, 0) is 0 Å². The molecule has 1 N–H and O–H groups in total. The van der Waals surface area contributed by atoms with Crippen LogP contribution in [-0.4, -0.2) is 33.1 Å². The summed E-state index contributed by atoms with van der Waals surface area (Å²) < 4.78 is 7.03. The summed E-state index contributed by atoms with van der Waals surface area (Å²) >= 11 is 0. The first-order valence-corrected chi connectivity index (χ1v) is 11.7. The Labute approximate surface area is 185 Å². The average Bonchev–Trinajstić information content (AvgIpc) is 3.31. The van der Waals surface area contributed by atoms with E-state index in [2.05, 4.69) is 11.9 Å². The van der Waals surface area contributed by atoms with Crippen LogP contribution < -0.4 is 4.74 Å². The van der Waals surface area contributed by atoms with Crippen molar-refractivity contribution < 1.29 is 19.4 Å². The van der Waals surface area contributed by atoms with Gasteiger partial charge in [-0.15, -0.1) is 0 Å². The fraction of sp³-hybridized carbons (Fsp3) is 0.560. The maximum Gasteiger partial charge on any atom is 0.336 e. The molecule has 0 unspecified atom stereocenters. The summed E-state index contributed by atoms with van der Waals surface area (Å²) in [5.41, 5.74) is 0.0501. The summed E-state index contributed by atoms with van der Waals surface area (Å²) in [7, 11) is 0. The van der Waals surface area contributed by atoms with Gasteiger partial charge >= 0.3 is 5.97 Å². The molecule has 1 aromatic carbocycles. The SMILES string of the molecule is CCCCCCCCCCCCCCOc1ccc(C(=O)O)c(C(=O)n2ccnc2)c1. The Kier molecular flexibility index (Phi) is 11.4. The van der Waals surface area contributed by atoms with Crippen molar-refractivity contribution in [3.63, 3.8) is 0 Å². The van der Waals surface area contributed by atoms with Crippen LogP contribution in [0.4, 0.5) is 0 Å². The third kappa shape index (κ3) is 8.95. The highest BCUT2D eigenvalue weighted by Gasteiger charge is 2.19. The van der Waals surface area contributed by atoms with Gasteiger partial charge in [0.05, 0.1) is 17.7 Å². The van der Waals surface area contributed by atoms with E-state index < -0.39 is 11.9 Å². The molecule has 6 heteroatoms. The second kappa shape index (κ2) is 14.4. The quantitative estimate of drug-likeness (QED) is 0.315. The topological polar surface area (TPSA) is 81.4 Å². The largest absolute Gasteiger partial charge is 0.494 e. The number of aromatic carboxylic acids is 1. The minimum atomic E-state index is -1.14. The lowest BCUT2D eigenvalue weighted by molar-refractivity contribution is 0.0691. The van der Waals surface area contributed by atoms with Crippen LogP contribution in [0.5, 0.6) is 5.75 Å². The Balaban J connectivity index is 1.66. The van der Waals surface area contributed by atoms with Crippen LogP contribution in [0.15, 0.2) is 36.9 Å². The third-order valence-electron chi connectivity index (χ3n) is 5.46. The van der Waals surface area contributed by atoms with Crippen LogP contribution in [0, 0.1) is 0 Å². The number of hydrogen-bond acceptors (Lipinski definition) is 4. The zero-order valence-electron chi connectivity index (χ0n) is 18.7. The molecule has 1 heterocycles. The van der Waals surface area contributed by atoms with Crippen LogP contribution in [0.2, 0.25) is 0 Å². The molecular weight excluding hydrogens is 392 g/mol. The van der Waals surface area contributed by atoms with E-state index >= 15 is 0 Å². The maximum atomic E-state index is 12.6.